The van der Waals surface area contributed by atoms with Crippen molar-refractivity contribution in [3.63, 3.8) is 0 Å². The average Bonchev–Trinajstić information content (AvgIpc) is 2.69. The molecule has 0 bridgehead atoms. The van der Waals surface area contributed by atoms with E-state index in [1.54, 1.807) is 12.4 Å². The van der Waals surface area contributed by atoms with Crippen molar-refractivity contribution in [3.8, 4) is 0 Å². The summed E-state index contributed by atoms with van der Waals surface area (Å²) in [6.45, 7) is 7.28. The van der Waals surface area contributed by atoms with Gasteiger partial charge < -0.3 is 15.5 Å². The molecule has 1 amide bonds. The smallest absolute Gasteiger partial charge is 0.254 e. The molecule has 1 aliphatic heterocycles. The van der Waals surface area contributed by atoms with Crippen molar-refractivity contribution in [2.75, 3.05) is 45.1 Å². The summed E-state index contributed by atoms with van der Waals surface area (Å²) >= 11 is 0. The van der Waals surface area contributed by atoms with Crippen LogP contribution in [0.25, 0.3) is 0 Å². The number of hydrogen-bond acceptors (Lipinski definition) is 6. The van der Waals surface area contributed by atoms with Crippen molar-refractivity contribution >= 4 is 17.5 Å². The van der Waals surface area contributed by atoms with E-state index < -0.39 is 0 Å². The van der Waals surface area contributed by atoms with Gasteiger partial charge in [-0.3, -0.25) is 9.69 Å². The second-order valence-corrected chi connectivity index (χ2v) is 7.02. The standard InChI is InChI=1S/C20H28N6O/c1-16(26-12-10-25(2)11-13-26)8-9-21-19(27)17-14-22-20(23-15-17)24-18-6-4-3-5-7-18/h3-7,14-16H,8-13H2,1-2H3,(H,21,27)(H,22,23,24)/t16-/m1/s1. The molecule has 1 aromatic heterocycles. The maximum Gasteiger partial charge on any atom is 0.254 e. The predicted octanol–water partition coefficient (Wildman–Crippen LogP) is 1.98. The van der Waals surface area contributed by atoms with Gasteiger partial charge >= 0.3 is 0 Å². The Morgan fingerprint density at radius 2 is 1.78 bits per heavy atom. The van der Waals surface area contributed by atoms with E-state index >= 15 is 0 Å². The highest BCUT2D eigenvalue weighted by molar-refractivity contribution is 5.93. The molecule has 0 radical (unpaired) electrons. The fraction of sp³-hybridized carbons (Fsp3) is 0.450. The van der Waals surface area contributed by atoms with E-state index in [-0.39, 0.29) is 5.91 Å². The van der Waals surface area contributed by atoms with E-state index in [0.29, 0.717) is 24.1 Å². The van der Waals surface area contributed by atoms with E-state index in [9.17, 15) is 4.79 Å². The number of nitrogens with zero attached hydrogens (tertiary/aromatic N) is 4. The molecule has 7 heteroatoms. The van der Waals surface area contributed by atoms with Crippen LogP contribution in [0.1, 0.15) is 23.7 Å². The zero-order valence-electron chi connectivity index (χ0n) is 16.1. The molecule has 0 aliphatic carbocycles. The van der Waals surface area contributed by atoms with Crippen molar-refractivity contribution in [2.24, 2.45) is 0 Å². The number of carbonyl (C=O) groups is 1. The number of carbonyl (C=O) groups excluding carboxylic acids is 1. The number of likely N-dealkylation sites (N-methyl/N-ethyl adjacent to an activating group) is 1. The van der Waals surface area contributed by atoms with Crippen LogP contribution in [-0.2, 0) is 0 Å². The lowest BCUT2D eigenvalue weighted by Crippen LogP contribution is -2.48. The Hall–Kier alpha value is -2.51. The fourth-order valence-electron chi connectivity index (χ4n) is 3.10. The average molecular weight is 368 g/mol. The van der Waals surface area contributed by atoms with Crippen molar-refractivity contribution < 1.29 is 4.79 Å². The molecular weight excluding hydrogens is 340 g/mol. The lowest BCUT2D eigenvalue weighted by molar-refractivity contribution is 0.0934. The summed E-state index contributed by atoms with van der Waals surface area (Å²) in [5.41, 5.74) is 1.38. The number of benzene rings is 1. The van der Waals surface area contributed by atoms with Gasteiger partial charge in [-0.15, -0.1) is 0 Å². The van der Waals surface area contributed by atoms with E-state index in [2.05, 4.69) is 44.4 Å². The van der Waals surface area contributed by atoms with Crippen LogP contribution in [0, 0.1) is 0 Å². The molecule has 2 heterocycles. The molecule has 2 aromatic rings. The number of amides is 1. The normalized spacial score (nSPS) is 16.7. The van der Waals surface area contributed by atoms with Gasteiger partial charge in [0.25, 0.3) is 5.91 Å². The molecule has 144 valence electrons. The van der Waals surface area contributed by atoms with Crippen LogP contribution in [-0.4, -0.2) is 71.5 Å². The first-order valence-electron chi connectivity index (χ1n) is 9.47. The van der Waals surface area contributed by atoms with Crippen LogP contribution in [0.15, 0.2) is 42.7 Å². The first kappa shape index (κ1) is 19.3. The van der Waals surface area contributed by atoms with Gasteiger partial charge in [-0.2, -0.15) is 0 Å². The minimum Gasteiger partial charge on any atom is -0.352 e. The minimum atomic E-state index is -0.133. The third-order valence-corrected chi connectivity index (χ3v) is 4.95. The third kappa shape index (κ3) is 5.74. The number of rotatable bonds is 7. The molecule has 1 aromatic carbocycles. The minimum absolute atomic E-state index is 0.133. The Bertz CT molecular complexity index is 713. The van der Waals surface area contributed by atoms with Gasteiger partial charge in [0.15, 0.2) is 0 Å². The monoisotopic (exact) mass is 368 g/mol. The third-order valence-electron chi connectivity index (χ3n) is 4.95. The Balaban J connectivity index is 1.42. The Morgan fingerprint density at radius 1 is 1.11 bits per heavy atom. The van der Waals surface area contributed by atoms with Crippen LogP contribution in [0.2, 0.25) is 0 Å². The fourth-order valence-corrected chi connectivity index (χ4v) is 3.10. The molecule has 1 saturated heterocycles. The molecule has 0 saturated carbocycles. The molecule has 1 atom stereocenters. The van der Waals surface area contributed by atoms with Gasteiger partial charge in [-0.1, -0.05) is 18.2 Å². The number of para-hydroxylation sites is 1. The number of piperazine rings is 1. The van der Waals surface area contributed by atoms with Crippen LogP contribution in [0.4, 0.5) is 11.6 Å². The van der Waals surface area contributed by atoms with Gasteiger partial charge in [-0.05, 0) is 32.5 Å². The highest BCUT2D eigenvalue weighted by atomic mass is 16.1. The molecule has 3 rings (SSSR count). The van der Waals surface area contributed by atoms with Gasteiger partial charge in [0.05, 0.1) is 5.56 Å². The van der Waals surface area contributed by atoms with Crippen molar-refractivity contribution in [3.05, 3.63) is 48.3 Å². The number of anilines is 2. The second kappa shape index (κ2) is 9.43. The topological polar surface area (TPSA) is 73.4 Å². The summed E-state index contributed by atoms with van der Waals surface area (Å²) in [7, 11) is 2.16. The second-order valence-electron chi connectivity index (χ2n) is 7.02. The van der Waals surface area contributed by atoms with E-state index in [1.807, 2.05) is 30.3 Å². The Labute approximate surface area is 160 Å². The highest BCUT2D eigenvalue weighted by Gasteiger charge is 2.19. The summed E-state index contributed by atoms with van der Waals surface area (Å²) < 4.78 is 0. The first-order chi connectivity index (χ1) is 13.1. The molecular formula is C20H28N6O. The SMILES string of the molecule is C[C@H](CCNC(=O)c1cnc(Nc2ccccc2)nc1)N1CCN(C)CC1. The van der Waals surface area contributed by atoms with Crippen LogP contribution in [0.5, 0.6) is 0 Å². The highest BCUT2D eigenvalue weighted by Crippen LogP contribution is 2.11. The summed E-state index contributed by atoms with van der Waals surface area (Å²) in [4.78, 5) is 25.6. The Morgan fingerprint density at radius 3 is 2.44 bits per heavy atom. The summed E-state index contributed by atoms with van der Waals surface area (Å²) in [5.74, 6) is 0.341. The summed E-state index contributed by atoms with van der Waals surface area (Å²) in [6.07, 6.45) is 4.04. The molecule has 27 heavy (non-hydrogen) atoms. The molecule has 0 unspecified atom stereocenters. The lowest BCUT2D eigenvalue weighted by atomic mass is 10.1. The van der Waals surface area contributed by atoms with Crippen molar-refractivity contribution in [1.82, 2.24) is 25.1 Å². The molecule has 0 spiro atoms. The summed E-state index contributed by atoms with van der Waals surface area (Å²) in [5, 5.41) is 6.08. The van der Waals surface area contributed by atoms with Gasteiger partial charge in [-0.25, -0.2) is 9.97 Å². The molecule has 1 fully saturated rings. The van der Waals surface area contributed by atoms with Gasteiger partial charge in [0.2, 0.25) is 5.95 Å². The van der Waals surface area contributed by atoms with Crippen LogP contribution < -0.4 is 10.6 Å². The summed E-state index contributed by atoms with van der Waals surface area (Å²) in [6, 6.07) is 10.2. The zero-order valence-corrected chi connectivity index (χ0v) is 16.1. The zero-order chi connectivity index (χ0) is 19.1. The molecule has 1 aliphatic rings. The maximum atomic E-state index is 12.3. The molecule has 2 N–H and O–H groups in total. The van der Waals surface area contributed by atoms with Gasteiger partial charge in [0.1, 0.15) is 0 Å². The van der Waals surface area contributed by atoms with Crippen LogP contribution >= 0.6 is 0 Å². The van der Waals surface area contributed by atoms with Gasteiger partial charge in [0, 0.05) is 56.8 Å². The number of aromatic nitrogens is 2. The van der Waals surface area contributed by atoms with Crippen LogP contribution in [0.3, 0.4) is 0 Å². The predicted molar refractivity (Wildman–Crippen MR) is 107 cm³/mol. The van der Waals surface area contributed by atoms with Crippen molar-refractivity contribution in [1.29, 1.82) is 0 Å². The van der Waals surface area contributed by atoms with Crippen molar-refractivity contribution in [2.45, 2.75) is 19.4 Å². The quantitative estimate of drug-likeness (QED) is 0.779. The largest absolute Gasteiger partial charge is 0.352 e. The van der Waals surface area contributed by atoms with E-state index in [4.69, 9.17) is 0 Å². The first-order valence-corrected chi connectivity index (χ1v) is 9.47. The maximum absolute atomic E-state index is 12.3. The molecule has 7 nitrogen and oxygen atoms in total. The van der Waals surface area contributed by atoms with E-state index in [0.717, 1.165) is 38.3 Å². The number of hydrogen-bond donors (Lipinski definition) is 2. The number of nitrogens with one attached hydrogen (secondary N) is 2. The Kier molecular flexibility index (Phi) is 6.73. The van der Waals surface area contributed by atoms with E-state index in [1.165, 1.54) is 0 Å². The lowest BCUT2D eigenvalue weighted by Gasteiger charge is -2.36.